The molecule has 1 unspecified atom stereocenters. The van der Waals surface area contributed by atoms with Crippen LogP contribution in [0.5, 0.6) is 17.2 Å². The Hall–Kier alpha value is -3.42. The Balaban J connectivity index is 1.53. The number of rotatable bonds is 8. The van der Waals surface area contributed by atoms with Crippen LogP contribution in [-0.4, -0.2) is 51.3 Å². The number of urea groups is 1. The van der Waals surface area contributed by atoms with Gasteiger partial charge in [-0.1, -0.05) is 30.3 Å². The average Bonchev–Trinajstić information content (AvgIpc) is 3.11. The van der Waals surface area contributed by atoms with E-state index in [1.54, 1.807) is 12.1 Å². The zero-order valence-corrected chi connectivity index (χ0v) is 17.4. The molecule has 8 heteroatoms. The lowest BCUT2D eigenvalue weighted by Crippen LogP contribution is -2.34. The van der Waals surface area contributed by atoms with E-state index in [2.05, 4.69) is 10.6 Å². The molecule has 1 fully saturated rings. The number of anilines is 1. The molecule has 160 valence electrons. The van der Waals surface area contributed by atoms with Crippen LogP contribution < -0.4 is 24.8 Å². The SMILES string of the molecule is COc1cc(NC(=O)NCC2CC(=O)N(Cc3ccccc3)C2)cc(OC)c1OC. The number of nitrogens with zero attached hydrogens (tertiary/aromatic N) is 1. The van der Waals surface area contributed by atoms with Crippen molar-refractivity contribution in [2.45, 2.75) is 13.0 Å². The number of hydrogen-bond acceptors (Lipinski definition) is 5. The minimum absolute atomic E-state index is 0.0758. The molecule has 0 bridgehead atoms. The van der Waals surface area contributed by atoms with E-state index in [1.807, 2.05) is 35.2 Å². The summed E-state index contributed by atoms with van der Waals surface area (Å²) in [4.78, 5) is 26.5. The molecule has 1 aliphatic heterocycles. The monoisotopic (exact) mass is 413 g/mol. The Kier molecular flexibility index (Phi) is 7.00. The number of methoxy groups -OCH3 is 3. The highest BCUT2D eigenvalue weighted by atomic mass is 16.5. The van der Waals surface area contributed by atoms with Gasteiger partial charge in [0.25, 0.3) is 0 Å². The van der Waals surface area contributed by atoms with E-state index in [4.69, 9.17) is 14.2 Å². The minimum Gasteiger partial charge on any atom is -0.493 e. The maximum atomic E-state index is 12.3. The second kappa shape index (κ2) is 9.87. The van der Waals surface area contributed by atoms with Crippen LogP contribution >= 0.6 is 0 Å². The van der Waals surface area contributed by atoms with Gasteiger partial charge in [0.15, 0.2) is 11.5 Å². The number of hydrogen-bond donors (Lipinski definition) is 2. The predicted molar refractivity (Wildman–Crippen MR) is 113 cm³/mol. The molecular formula is C22H27N3O5. The fourth-order valence-electron chi connectivity index (χ4n) is 3.51. The summed E-state index contributed by atoms with van der Waals surface area (Å²) in [5.41, 5.74) is 1.61. The highest BCUT2D eigenvalue weighted by molar-refractivity contribution is 5.90. The molecule has 0 aliphatic carbocycles. The summed E-state index contributed by atoms with van der Waals surface area (Å²) in [6, 6.07) is 12.8. The Bertz CT molecular complexity index is 863. The summed E-state index contributed by atoms with van der Waals surface area (Å²) < 4.78 is 15.9. The molecule has 3 rings (SSSR count). The lowest BCUT2D eigenvalue weighted by atomic mass is 10.1. The standard InChI is InChI=1S/C22H27N3O5/c1-28-18-10-17(11-19(29-2)21(18)30-3)24-22(27)23-12-16-9-20(26)25(14-16)13-15-7-5-4-6-8-15/h4-8,10-11,16H,9,12-14H2,1-3H3,(H2,23,24,27). The summed E-state index contributed by atoms with van der Waals surface area (Å²) >= 11 is 0. The molecular weight excluding hydrogens is 386 g/mol. The normalized spacial score (nSPS) is 15.6. The number of nitrogens with one attached hydrogen (secondary N) is 2. The van der Waals surface area contributed by atoms with Crippen molar-refractivity contribution in [1.29, 1.82) is 0 Å². The molecule has 0 radical (unpaired) electrons. The van der Waals surface area contributed by atoms with Crippen molar-refractivity contribution in [2.24, 2.45) is 5.92 Å². The third-order valence-electron chi connectivity index (χ3n) is 4.98. The first-order chi connectivity index (χ1) is 14.5. The number of benzene rings is 2. The Morgan fingerprint density at radius 3 is 2.33 bits per heavy atom. The Morgan fingerprint density at radius 2 is 1.73 bits per heavy atom. The van der Waals surface area contributed by atoms with Crippen LogP contribution in [0.1, 0.15) is 12.0 Å². The average molecular weight is 413 g/mol. The van der Waals surface area contributed by atoms with E-state index in [1.165, 1.54) is 21.3 Å². The van der Waals surface area contributed by atoms with E-state index >= 15 is 0 Å². The van der Waals surface area contributed by atoms with Crippen molar-refractivity contribution >= 4 is 17.6 Å². The number of carbonyl (C=O) groups excluding carboxylic acids is 2. The largest absolute Gasteiger partial charge is 0.493 e. The zero-order chi connectivity index (χ0) is 21.5. The molecule has 2 N–H and O–H groups in total. The van der Waals surface area contributed by atoms with Crippen molar-refractivity contribution in [3.63, 3.8) is 0 Å². The fourth-order valence-corrected chi connectivity index (χ4v) is 3.51. The predicted octanol–water partition coefficient (Wildman–Crippen LogP) is 2.88. The highest BCUT2D eigenvalue weighted by Gasteiger charge is 2.29. The van der Waals surface area contributed by atoms with Gasteiger partial charge in [0.2, 0.25) is 11.7 Å². The number of likely N-dealkylation sites (tertiary alicyclic amines) is 1. The summed E-state index contributed by atoms with van der Waals surface area (Å²) in [6.45, 7) is 1.62. The van der Waals surface area contributed by atoms with Crippen LogP contribution in [0.4, 0.5) is 10.5 Å². The van der Waals surface area contributed by atoms with Gasteiger partial charge in [-0.15, -0.1) is 0 Å². The smallest absolute Gasteiger partial charge is 0.319 e. The van der Waals surface area contributed by atoms with Crippen LogP contribution in [0.2, 0.25) is 0 Å². The van der Waals surface area contributed by atoms with Gasteiger partial charge in [0.05, 0.1) is 27.0 Å². The lowest BCUT2D eigenvalue weighted by molar-refractivity contribution is -0.128. The Labute approximate surface area is 176 Å². The maximum absolute atomic E-state index is 12.3. The van der Waals surface area contributed by atoms with Crippen molar-refractivity contribution in [3.05, 3.63) is 48.0 Å². The Morgan fingerprint density at radius 1 is 1.07 bits per heavy atom. The van der Waals surface area contributed by atoms with E-state index in [9.17, 15) is 9.59 Å². The van der Waals surface area contributed by atoms with Gasteiger partial charge in [-0.05, 0) is 5.56 Å². The molecule has 30 heavy (non-hydrogen) atoms. The quantitative estimate of drug-likeness (QED) is 0.695. The summed E-state index contributed by atoms with van der Waals surface area (Å²) in [5.74, 6) is 1.53. The first kappa shape index (κ1) is 21.3. The number of carbonyl (C=O) groups is 2. The van der Waals surface area contributed by atoms with E-state index in [0.29, 0.717) is 49.0 Å². The molecule has 0 aromatic heterocycles. The summed E-state index contributed by atoms with van der Waals surface area (Å²) in [7, 11) is 4.54. The molecule has 1 heterocycles. The van der Waals surface area contributed by atoms with Crippen LogP contribution in [0.15, 0.2) is 42.5 Å². The summed E-state index contributed by atoms with van der Waals surface area (Å²) in [5, 5.41) is 5.60. The first-order valence-corrected chi connectivity index (χ1v) is 9.70. The summed E-state index contributed by atoms with van der Waals surface area (Å²) in [6.07, 6.45) is 0.428. The van der Waals surface area contributed by atoms with Crippen molar-refractivity contribution in [3.8, 4) is 17.2 Å². The topological polar surface area (TPSA) is 89.1 Å². The van der Waals surface area contributed by atoms with Crippen LogP contribution in [0, 0.1) is 5.92 Å². The third kappa shape index (κ3) is 5.14. The number of amides is 3. The van der Waals surface area contributed by atoms with Gasteiger partial charge in [0.1, 0.15) is 0 Å². The minimum atomic E-state index is -0.363. The number of ether oxygens (including phenoxy) is 3. The molecule has 1 aliphatic rings. The van der Waals surface area contributed by atoms with Gasteiger partial charge in [-0.2, -0.15) is 0 Å². The fraction of sp³-hybridized carbons (Fsp3) is 0.364. The molecule has 0 spiro atoms. The van der Waals surface area contributed by atoms with E-state index < -0.39 is 0 Å². The molecule has 3 amide bonds. The molecule has 2 aromatic rings. The maximum Gasteiger partial charge on any atom is 0.319 e. The molecule has 8 nitrogen and oxygen atoms in total. The van der Waals surface area contributed by atoms with E-state index in [-0.39, 0.29) is 17.9 Å². The lowest BCUT2D eigenvalue weighted by Gasteiger charge is -2.17. The first-order valence-electron chi connectivity index (χ1n) is 9.70. The van der Waals surface area contributed by atoms with Gasteiger partial charge < -0.3 is 29.7 Å². The van der Waals surface area contributed by atoms with Crippen molar-refractivity contribution < 1.29 is 23.8 Å². The molecule has 1 saturated heterocycles. The molecule has 0 saturated carbocycles. The zero-order valence-electron chi connectivity index (χ0n) is 17.4. The second-order valence-corrected chi connectivity index (χ2v) is 7.08. The molecule has 1 atom stereocenters. The second-order valence-electron chi connectivity index (χ2n) is 7.08. The van der Waals surface area contributed by atoms with Crippen LogP contribution in [0.25, 0.3) is 0 Å². The third-order valence-corrected chi connectivity index (χ3v) is 4.98. The van der Waals surface area contributed by atoms with Gasteiger partial charge in [-0.25, -0.2) is 4.79 Å². The van der Waals surface area contributed by atoms with Crippen molar-refractivity contribution in [2.75, 3.05) is 39.7 Å². The van der Waals surface area contributed by atoms with Crippen molar-refractivity contribution in [1.82, 2.24) is 10.2 Å². The van der Waals surface area contributed by atoms with Crippen LogP contribution in [0.3, 0.4) is 0 Å². The molecule has 2 aromatic carbocycles. The van der Waals surface area contributed by atoms with Gasteiger partial charge in [-0.3, -0.25) is 4.79 Å². The van der Waals surface area contributed by atoms with E-state index in [0.717, 1.165) is 5.56 Å². The van der Waals surface area contributed by atoms with Gasteiger partial charge >= 0.3 is 6.03 Å². The van der Waals surface area contributed by atoms with Gasteiger partial charge in [0, 0.05) is 44.1 Å². The van der Waals surface area contributed by atoms with Crippen LogP contribution in [-0.2, 0) is 11.3 Å². The highest BCUT2D eigenvalue weighted by Crippen LogP contribution is 2.39.